The Morgan fingerprint density at radius 2 is 0.967 bits per heavy atom. The predicted octanol–water partition coefficient (Wildman–Crippen LogP) is 3.22. The van der Waals surface area contributed by atoms with Gasteiger partial charge in [0.25, 0.3) is 0 Å². The van der Waals surface area contributed by atoms with Gasteiger partial charge in [-0.15, -0.1) is 0 Å². The number of aliphatic hydroxyl groups excluding tert-OH is 2. The maximum atomic E-state index is 11.2. The first-order chi connectivity index (χ1) is 13.8. The molecule has 2 N–H and O–H groups in total. The van der Waals surface area contributed by atoms with Gasteiger partial charge in [-0.2, -0.15) is 0 Å². The number of hydrogen-bond donors (Lipinski definition) is 2. The van der Waals surface area contributed by atoms with Crippen LogP contribution in [-0.2, 0) is 18.9 Å². The highest BCUT2D eigenvalue weighted by Crippen LogP contribution is 2.53. The summed E-state index contributed by atoms with van der Waals surface area (Å²) in [7, 11) is 0. The van der Waals surface area contributed by atoms with E-state index in [1.165, 1.54) is 11.1 Å². The highest BCUT2D eigenvalue weighted by Gasteiger charge is 2.66. The summed E-state index contributed by atoms with van der Waals surface area (Å²) < 4.78 is 25.5. The molecule has 2 heterocycles. The Kier molecular flexibility index (Phi) is 4.50. The van der Waals surface area contributed by atoms with Crippen LogP contribution >= 0.6 is 0 Å². The van der Waals surface area contributed by atoms with E-state index >= 15 is 0 Å². The number of aliphatic hydroxyl groups is 2. The molecule has 0 aromatic rings. The Bertz CT molecular complexity index is 706. The zero-order valence-corrected chi connectivity index (χ0v) is 19.0. The minimum Gasteiger partial charge on any atom is -0.387 e. The van der Waals surface area contributed by atoms with Gasteiger partial charge in [0.1, 0.15) is 36.6 Å². The molecule has 0 bridgehead atoms. The minimum atomic E-state index is -0.931. The third-order valence-corrected chi connectivity index (χ3v) is 7.23. The van der Waals surface area contributed by atoms with E-state index in [9.17, 15) is 10.2 Å². The third-order valence-electron chi connectivity index (χ3n) is 7.23. The van der Waals surface area contributed by atoms with Gasteiger partial charge in [-0.05, 0) is 49.7 Å². The van der Waals surface area contributed by atoms with Crippen LogP contribution in [0.5, 0.6) is 0 Å². The fraction of sp³-hybridized carbons (Fsp3) is 0.833. The van der Waals surface area contributed by atoms with Gasteiger partial charge in [-0.3, -0.25) is 0 Å². The molecule has 6 heteroatoms. The highest BCUT2D eigenvalue weighted by atomic mass is 16.8. The summed E-state index contributed by atoms with van der Waals surface area (Å²) in [6, 6.07) is 0. The molecule has 168 valence electrons. The molecule has 2 aliphatic heterocycles. The van der Waals surface area contributed by atoms with Gasteiger partial charge in [0, 0.05) is 12.8 Å². The van der Waals surface area contributed by atoms with Crippen molar-refractivity contribution in [2.75, 3.05) is 0 Å². The van der Waals surface area contributed by atoms with Crippen molar-refractivity contribution in [1.82, 2.24) is 0 Å². The Morgan fingerprint density at radius 3 is 1.23 bits per heavy atom. The van der Waals surface area contributed by atoms with Crippen LogP contribution in [0.25, 0.3) is 0 Å². The van der Waals surface area contributed by atoms with Crippen molar-refractivity contribution in [3.8, 4) is 0 Å². The van der Waals surface area contributed by atoms with Crippen LogP contribution in [0.4, 0.5) is 0 Å². The molecule has 3 aliphatic carbocycles. The summed E-state index contributed by atoms with van der Waals surface area (Å²) in [6.45, 7) is 12.9. The van der Waals surface area contributed by atoms with Gasteiger partial charge in [0.15, 0.2) is 11.6 Å². The summed E-state index contributed by atoms with van der Waals surface area (Å²) in [5, 5.41) is 22.4. The molecule has 6 nitrogen and oxygen atoms in total. The summed E-state index contributed by atoms with van der Waals surface area (Å²) >= 11 is 0. The smallest absolute Gasteiger partial charge is 0.189 e. The lowest BCUT2D eigenvalue weighted by Gasteiger charge is -2.40. The molecule has 5 aliphatic rings. The lowest BCUT2D eigenvalue weighted by atomic mass is 9.75. The van der Waals surface area contributed by atoms with Crippen LogP contribution in [0.1, 0.15) is 67.2 Å². The normalized spacial score (nSPS) is 51.5. The topological polar surface area (TPSA) is 77.4 Å². The van der Waals surface area contributed by atoms with Crippen LogP contribution in [0, 0.1) is 10.8 Å². The molecule has 0 aromatic carbocycles. The molecule has 8 atom stereocenters. The SMILES string of the molecule is CC1=CC2(CC(C)(C)C1)O[C@@H]1C(O)[C@@H]3OC4(C=C(C)CC(C)(C)C4)O[C@H]3C(O)[C@@H]1O2. The van der Waals surface area contributed by atoms with Gasteiger partial charge in [0.2, 0.25) is 0 Å². The molecule has 1 saturated carbocycles. The fourth-order valence-electron chi connectivity index (χ4n) is 6.90. The molecule has 4 unspecified atom stereocenters. The van der Waals surface area contributed by atoms with Crippen molar-refractivity contribution in [3.05, 3.63) is 23.3 Å². The molecule has 0 radical (unpaired) electrons. The molecule has 0 amide bonds. The Balaban J connectivity index is 1.43. The molecule has 2 saturated heterocycles. The van der Waals surface area contributed by atoms with Gasteiger partial charge >= 0.3 is 0 Å². The molecule has 0 aromatic heterocycles. The van der Waals surface area contributed by atoms with E-state index in [4.69, 9.17) is 18.9 Å². The van der Waals surface area contributed by atoms with E-state index in [0.717, 1.165) is 12.8 Å². The summed E-state index contributed by atoms with van der Waals surface area (Å²) in [5.41, 5.74) is 2.44. The third kappa shape index (κ3) is 3.31. The predicted molar refractivity (Wildman–Crippen MR) is 111 cm³/mol. The lowest BCUT2D eigenvalue weighted by Crippen LogP contribution is -2.61. The quantitative estimate of drug-likeness (QED) is 0.586. The summed E-state index contributed by atoms with van der Waals surface area (Å²) in [6.07, 6.45) is 2.88. The Labute approximate surface area is 179 Å². The molecule has 5 rings (SSSR count). The van der Waals surface area contributed by atoms with E-state index in [1.807, 2.05) is 12.2 Å². The summed E-state index contributed by atoms with van der Waals surface area (Å²) in [4.78, 5) is 0. The number of ether oxygens (including phenoxy) is 4. The molecule has 30 heavy (non-hydrogen) atoms. The first-order valence-corrected chi connectivity index (χ1v) is 11.3. The van der Waals surface area contributed by atoms with Crippen LogP contribution < -0.4 is 0 Å². The van der Waals surface area contributed by atoms with Gasteiger partial charge in [-0.1, -0.05) is 38.8 Å². The molecule has 2 spiro atoms. The van der Waals surface area contributed by atoms with Gasteiger partial charge < -0.3 is 29.2 Å². The zero-order chi connectivity index (χ0) is 21.7. The fourth-order valence-corrected chi connectivity index (χ4v) is 6.90. The second-order valence-corrected chi connectivity index (χ2v) is 12.0. The van der Waals surface area contributed by atoms with Crippen molar-refractivity contribution in [3.63, 3.8) is 0 Å². The monoisotopic (exact) mass is 420 g/mol. The lowest BCUT2D eigenvalue weighted by molar-refractivity contribution is -0.195. The molecule has 3 fully saturated rings. The maximum Gasteiger partial charge on any atom is 0.189 e. The van der Waals surface area contributed by atoms with E-state index in [1.54, 1.807) is 0 Å². The van der Waals surface area contributed by atoms with E-state index in [2.05, 4.69) is 41.5 Å². The van der Waals surface area contributed by atoms with Crippen molar-refractivity contribution in [2.24, 2.45) is 10.8 Å². The second kappa shape index (κ2) is 6.40. The van der Waals surface area contributed by atoms with Crippen molar-refractivity contribution < 1.29 is 29.2 Å². The number of allylic oxidation sites excluding steroid dienone is 2. The van der Waals surface area contributed by atoms with Crippen molar-refractivity contribution >= 4 is 0 Å². The first kappa shape index (κ1) is 21.1. The average molecular weight is 421 g/mol. The van der Waals surface area contributed by atoms with Gasteiger partial charge in [-0.25, -0.2) is 0 Å². The minimum absolute atomic E-state index is 0.0190. The standard InChI is InChI=1S/C24H36O6/c1-13-7-21(3,4)11-23(9-13)27-17-15(25)19-20(16(26)18(17)28-23)30-24(29-19)10-14(2)8-22(5,6)12-24/h9-10,15-20,25-26H,7-8,11-12H2,1-6H3/t15?,16?,17-,18-,19-,20+,23?,24?/m0/s1. The van der Waals surface area contributed by atoms with Crippen molar-refractivity contribution in [1.29, 1.82) is 0 Å². The van der Waals surface area contributed by atoms with Crippen LogP contribution in [0.2, 0.25) is 0 Å². The second-order valence-electron chi connectivity index (χ2n) is 12.0. The largest absolute Gasteiger partial charge is 0.387 e. The van der Waals surface area contributed by atoms with Gasteiger partial charge in [0.05, 0.1) is 0 Å². The van der Waals surface area contributed by atoms with Crippen molar-refractivity contribution in [2.45, 2.75) is 115 Å². The van der Waals surface area contributed by atoms with E-state index in [-0.39, 0.29) is 10.8 Å². The maximum absolute atomic E-state index is 11.2. The van der Waals surface area contributed by atoms with Crippen LogP contribution in [-0.4, -0.2) is 58.4 Å². The number of rotatable bonds is 0. The Hall–Kier alpha value is -0.760. The highest BCUT2D eigenvalue weighted by molar-refractivity contribution is 5.21. The van der Waals surface area contributed by atoms with Crippen LogP contribution in [0.15, 0.2) is 23.3 Å². The van der Waals surface area contributed by atoms with E-state index < -0.39 is 48.2 Å². The van der Waals surface area contributed by atoms with E-state index in [0.29, 0.717) is 12.8 Å². The number of hydrogen-bond acceptors (Lipinski definition) is 6. The first-order valence-electron chi connectivity index (χ1n) is 11.3. The number of fused-ring (bicyclic) bond motifs is 2. The molecular formula is C24H36O6. The van der Waals surface area contributed by atoms with Crippen LogP contribution in [0.3, 0.4) is 0 Å². The summed E-state index contributed by atoms with van der Waals surface area (Å²) in [5.74, 6) is -1.83. The zero-order valence-electron chi connectivity index (χ0n) is 19.0. The average Bonchev–Trinajstić information content (AvgIpc) is 3.08. The molecular weight excluding hydrogens is 384 g/mol. The Morgan fingerprint density at radius 1 is 0.667 bits per heavy atom.